The highest BCUT2D eigenvalue weighted by Gasteiger charge is 2.23. The third-order valence-electron chi connectivity index (χ3n) is 5.88. The average Bonchev–Trinajstić information content (AvgIpc) is 2.86. The van der Waals surface area contributed by atoms with Gasteiger partial charge in [-0.15, -0.1) is 0 Å². The van der Waals surface area contributed by atoms with Gasteiger partial charge in [0.2, 0.25) is 9.84 Å². The first kappa shape index (κ1) is 28.7. The number of carbonyl (C=O) groups is 1. The van der Waals surface area contributed by atoms with Crippen LogP contribution in [0, 0.1) is 13.8 Å². The highest BCUT2D eigenvalue weighted by atomic mass is 35.5. The molecule has 0 bridgehead atoms. The van der Waals surface area contributed by atoms with E-state index in [1.165, 1.54) is 0 Å². The van der Waals surface area contributed by atoms with Crippen LogP contribution in [0.2, 0.25) is 5.02 Å². The van der Waals surface area contributed by atoms with Gasteiger partial charge >= 0.3 is 5.97 Å². The van der Waals surface area contributed by atoms with Gasteiger partial charge in [-0.05, 0) is 80.8 Å². The van der Waals surface area contributed by atoms with E-state index in [0.717, 1.165) is 16.7 Å². The Balaban J connectivity index is 1.63. The second kappa shape index (κ2) is 13.1. The van der Waals surface area contributed by atoms with E-state index >= 15 is 0 Å². The summed E-state index contributed by atoms with van der Waals surface area (Å²) < 4.78 is 37.2. The summed E-state index contributed by atoms with van der Waals surface area (Å²) >= 11 is 5.98. The van der Waals surface area contributed by atoms with Crippen molar-refractivity contribution in [3.8, 4) is 5.75 Å². The van der Waals surface area contributed by atoms with Crippen LogP contribution in [0.15, 0.2) is 70.5 Å². The van der Waals surface area contributed by atoms with Gasteiger partial charge in [-0.1, -0.05) is 41.9 Å². The molecule has 198 valence electrons. The van der Waals surface area contributed by atoms with Crippen molar-refractivity contribution in [3.05, 3.63) is 87.9 Å². The number of aryl methyl sites for hydroxylation is 1. The van der Waals surface area contributed by atoms with Gasteiger partial charge in [-0.2, -0.15) is 0 Å². The Morgan fingerprint density at radius 3 is 2.49 bits per heavy atom. The molecule has 0 aliphatic carbocycles. The number of carbonyl (C=O) groups excluding carboxylic acids is 1. The number of sulfone groups is 1. The maximum Gasteiger partial charge on any atom is 0.344 e. The molecule has 3 aromatic carbocycles. The van der Waals surface area contributed by atoms with Crippen LogP contribution in [-0.2, 0) is 25.8 Å². The van der Waals surface area contributed by atoms with Crippen molar-refractivity contribution in [2.75, 3.05) is 26.3 Å². The first-order valence-corrected chi connectivity index (χ1v) is 13.9. The Hall–Kier alpha value is -2.91. The zero-order valence-electron chi connectivity index (χ0n) is 21.2. The Bertz CT molecular complexity index is 1320. The number of aliphatic hydroxyl groups is 1. The minimum atomic E-state index is -3.80. The largest absolute Gasteiger partial charge is 0.481 e. The molecule has 0 heterocycles. The third-order valence-corrected chi connectivity index (χ3v) is 8.03. The summed E-state index contributed by atoms with van der Waals surface area (Å²) in [5.74, 6) is -0.157. The number of benzene rings is 3. The quantitative estimate of drug-likeness (QED) is 0.253. The summed E-state index contributed by atoms with van der Waals surface area (Å²) in [6, 6.07) is 17.1. The van der Waals surface area contributed by atoms with Crippen molar-refractivity contribution < 1.29 is 27.8 Å². The minimum absolute atomic E-state index is 0.126. The molecule has 3 aromatic rings. The monoisotopic (exact) mass is 545 g/mol. The lowest BCUT2D eigenvalue weighted by molar-refractivity contribution is -0.145. The van der Waals surface area contributed by atoms with Crippen LogP contribution < -0.4 is 10.1 Å². The highest BCUT2D eigenvalue weighted by molar-refractivity contribution is 7.91. The molecule has 0 amide bonds. The van der Waals surface area contributed by atoms with Crippen LogP contribution in [0.3, 0.4) is 0 Å². The smallest absolute Gasteiger partial charge is 0.344 e. The van der Waals surface area contributed by atoms with Crippen LogP contribution >= 0.6 is 11.6 Å². The zero-order valence-corrected chi connectivity index (χ0v) is 22.7. The van der Waals surface area contributed by atoms with E-state index in [2.05, 4.69) is 5.32 Å². The fraction of sp³-hybridized carbons (Fsp3) is 0.321. The second-order valence-electron chi connectivity index (χ2n) is 8.60. The maximum atomic E-state index is 13.4. The number of aliphatic hydroxyl groups excluding tert-OH is 1. The highest BCUT2D eigenvalue weighted by Crippen LogP contribution is 2.32. The van der Waals surface area contributed by atoms with Gasteiger partial charge in [-0.25, -0.2) is 13.2 Å². The van der Waals surface area contributed by atoms with Crippen LogP contribution in [-0.4, -0.2) is 45.8 Å². The van der Waals surface area contributed by atoms with Crippen molar-refractivity contribution in [1.29, 1.82) is 0 Å². The van der Waals surface area contributed by atoms with Gasteiger partial charge in [0.25, 0.3) is 0 Å². The summed E-state index contributed by atoms with van der Waals surface area (Å²) in [7, 11) is -3.80. The molecule has 0 saturated heterocycles. The lowest BCUT2D eigenvalue weighted by Gasteiger charge is -2.16. The van der Waals surface area contributed by atoms with Gasteiger partial charge < -0.3 is 19.9 Å². The van der Waals surface area contributed by atoms with Crippen molar-refractivity contribution in [1.82, 2.24) is 5.32 Å². The molecule has 37 heavy (non-hydrogen) atoms. The van der Waals surface area contributed by atoms with E-state index in [0.29, 0.717) is 35.8 Å². The summed E-state index contributed by atoms with van der Waals surface area (Å²) in [5, 5.41) is 14.1. The molecule has 2 N–H and O–H groups in total. The molecule has 0 aliphatic heterocycles. The van der Waals surface area contributed by atoms with Crippen LogP contribution in [0.5, 0.6) is 5.75 Å². The normalized spacial score (nSPS) is 12.2. The van der Waals surface area contributed by atoms with Gasteiger partial charge in [0.15, 0.2) is 6.61 Å². The number of esters is 1. The molecule has 0 unspecified atom stereocenters. The standard InChI is InChI=1S/C28H32ClNO6S/c1-4-35-27(32)18-36-28-19(2)8-13-26(20(28)3)37(33,34)24-11-9-21(10-12-24)14-15-30-17-25(31)22-6-5-7-23(29)16-22/h5-13,16,25,30-31H,4,14-15,17-18H2,1-3H3/t25-/m0/s1. The van der Waals surface area contributed by atoms with Gasteiger partial charge in [0, 0.05) is 17.1 Å². The van der Waals surface area contributed by atoms with E-state index in [4.69, 9.17) is 21.1 Å². The molecule has 7 nitrogen and oxygen atoms in total. The van der Waals surface area contributed by atoms with Crippen LogP contribution in [0.25, 0.3) is 0 Å². The predicted octanol–water partition coefficient (Wildman–Crippen LogP) is 4.60. The lowest BCUT2D eigenvalue weighted by Crippen LogP contribution is -2.23. The Morgan fingerprint density at radius 1 is 1.08 bits per heavy atom. The lowest BCUT2D eigenvalue weighted by atomic mass is 10.1. The number of rotatable bonds is 12. The first-order valence-electron chi connectivity index (χ1n) is 12.0. The molecular formula is C28H32ClNO6S. The Morgan fingerprint density at radius 2 is 1.81 bits per heavy atom. The molecule has 1 atom stereocenters. The van der Waals surface area contributed by atoms with E-state index in [1.54, 1.807) is 75.4 Å². The number of halogens is 1. The van der Waals surface area contributed by atoms with E-state index in [9.17, 15) is 18.3 Å². The molecule has 3 rings (SSSR count). The van der Waals surface area contributed by atoms with Gasteiger partial charge in [0.1, 0.15) is 5.75 Å². The van der Waals surface area contributed by atoms with Crippen molar-refractivity contribution >= 4 is 27.4 Å². The molecule has 0 radical (unpaired) electrons. The van der Waals surface area contributed by atoms with E-state index < -0.39 is 21.9 Å². The van der Waals surface area contributed by atoms with E-state index in [-0.39, 0.29) is 23.0 Å². The number of nitrogens with one attached hydrogen (secondary N) is 1. The third kappa shape index (κ3) is 7.55. The summed E-state index contributed by atoms with van der Waals surface area (Å²) in [6.07, 6.45) is -0.00649. The zero-order chi connectivity index (χ0) is 27.0. The Labute approximate surface area is 223 Å². The van der Waals surface area contributed by atoms with Crippen LogP contribution in [0.4, 0.5) is 0 Å². The van der Waals surface area contributed by atoms with Crippen molar-refractivity contribution in [2.45, 2.75) is 43.1 Å². The fourth-order valence-corrected chi connectivity index (χ4v) is 5.61. The molecule has 0 saturated carbocycles. The fourth-order valence-electron chi connectivity index (χ4n) is 3.92. The minimum Gasteiger partial charge on any atom is -0.481 e. The summed E-state index contributed by atoms with van der Waals surface area (Å²) in [4.78, 5) is 12.0. The maximum absolute atomic E-state index is 13.4. The molecule has 0 spiro atoms. The van der Waals surface area contributed by atoms with Gasteiger partial charge in [-0.3, -0.25) is 0 Å². The number of hydrogen-bond donors (Lipinski definition) is 2. The van der Waals surface area contributed by atoms with E-state index in [1.807, 2.05) is 6.07 Å². The molecule has 0 fully saturated rings. The van der Waals surface area contributed by atoms with Crippen LogP contribution in [0.1, 0.15) is 35.3 Å². The summed E-state index contributed by atoms with van der Waals surface area (Å²) in [6.45, 7) is 6.10. The molecule has 9 heteroatoms. The molecular weight excluding hydrogens is 514 g/mol. The molecule has 0 aromatic heterocycles. The first-order chi connectivity index (χ1) is 17.6. The predicted molar refractivity (Wildman–Crippen MR) is 143 cm³/mol. The van der Waals surface area contributed by atoms with Gasteiger partial charge in [0.05, 0.1) is 22.5 Å². The second-order valence-corrected chi connectivity index (χ2v) is 11.0. The van der Waals surface area contributed by atoms with Crippen molar-refractivity contribution in [2.24, 2.45) is 0 Å². The number of ether oxygens (including phenoxy) is 2. The molecule has 0 aliphatic rings. The Kier molecular flexibility index (Phi) is 10.1. The number of hydrogen-bond acceptors (Lipinski definition) is 7. The summed E-state index contributed by atoms with van der Waals surface area (Å²) in [5.41, 5.74) is 2.87. The topological polar surface area (TPSA) is 102 Å². The van der Waals surface area contributed by atoms with Crippen molar-refractivity contribution in [3.63, 3.8) is 0 Å². The SMILES string of the molecule is CCOC(=O)COc1c(C)ccc(S(=O)(=O)c2ccc(CCNC[C@H](O)c3cccc(Cl)c3)cc2)c1C. The average molecular weight is 546 g/mol.